The summed E-state index contributed by atoms with van der Waals surface area (Å²) < 4.78 is 0.723. The number of hydrogen-bond donors (Lipinski definition) is 0. The van der Waals surface area contributed by atoms with Gasteiger partial charge in [-0.25, -0.2) is 0 Å². The summed E-state index contributed by atoms with van der Waals surface area (Å²) in [6, 6.07) is 11.4. The van der Waals surface area contributed by atoms with E-state index < -0.39 is 0 Å². The first-order valence-corrected chi connectivity index (χ1v) is 6.80. The second-order valence-electron chi connectivity index (χ2n) is 4.25. The molecule has 0 fully saturated rings. The molecule has 0 aliphatic carbocycles. The molecule has 0 radical (unpaired) electrons. The second-order valence-corrected chi connectivity index (χ2v) is 6.05. The van der Waals surface area contributed by atoms with Crippen molar-refractivity contribution in [3.05, 3.63) is 51.2 Å². The number of rotatable bonds is 4. The molecule has 0 saturated heterocycles. The fourth-order valence-electron chi connectivity index (χ4n) is 1.65. The quantitative estimate of drug-likeness (QED) is 0.792. The van der Waals surface area contributed by atoms with E-state index in [2.05, 4.69) is 0 Å². The normalized spacial score (nSPS) is 10.4. The molecule has 2 aromatic rings. The van der Waals surface area contributed by atoms with Gasteiger partial charge in [-0.15, -0.1) is 11.3 Å². The van der Waals surface area contributed by atoms with E-state index in [4.69, 9.17) is 11.6 Å². The molecule has 0 unspecified atom stereocenters. The van der Waals surface area contributed by atoms with E-state index in [1.54, 1.807) is 0 Å². The molecule has 1 aromatic heterocycles. The lowest BCUT2D eigenvalue weighted by Gasteiger charge is -2.12. The molecule has 0 saturated carbocycles. The summed E-state index contributed by atoms with van der Waals surface area (Å²) in [6.45, 7) is 0. The maximum absolute atomic E-state index is 12.1. The van der Waals surface area contributed by atoms with Gasteiger partial charge in [-0.1, -0.05) is 11.6 Å². The first-order valence-electron chi connectivity index (χ1n) is 5.61. The maximum atomic E-state index is 12.1. The van der Waals surface area contributed by atoms with Crippen LogP contribution in [0.3, 0.4) is 0 Å². The summed E-state index contributed by atoms with van der Waals surface area (Å²) in [6.07, 6.45) is 0.415. The van der Waals surface area contributed by atoms with Crippen LogP contribution in [0, 0.1) is 0 Å². The van der Waals surface area contributed by atoms with Crippen LogP contribution in [0.4, 0.5) is 5.69 Å². The molecule has 0 spiro atoms. The zero-order valence-electron chi connectivity index (χ0n) is 10.3. The monoisotopic (exact) mass is 279 g/mol. The van der Waals surface area contributed by atoms with Crippen molar-refractivity contribution >= 4 is 34.4 Å². The average Bonchev–Trinajstić information content (AvgIpc) is 2.75. The summed E-state index contributed by atoms with van der Waals surface area (Å²) in [7, 11) is 3.95. The first-order chi connectivity index (χ1) is 8.56. The molecule has 0 aliphatic heterocycles. The van der Waals surface area contributed by atoms with E-state index in [9.17, 15) is 4.79 Å². The topological polar surface area (TPSA) is 20.3 Å². The SMILES string of the molecule is CN(C)c1ccc(C(=O)Cc2ccc(Cl)s2)cc1. The fraction of sp³-hybridized carbons (Fsp3) is 0.214. The number of anilines is 1. The standard InChI is InChI=1S/C14H14ClNOS/c1-16(2)11-5-3-10(4-6-11)13(17)9-12-7-8-14(15)18-12/h3-8H,9H2,1-2H3. The highest BCUT2D eigenvalue weighted by Crippen LogP contribution is 2.23. The number of hydrogen-bond acceptors (Lipinski definition) is 3. The Morgan fingerprint density at radius 3 is 2.33 bits per heavy atom. The number of carbonyl (C=O) groups excluding carboxylic acids is 1. The molecule has 18 heavy (non-hydrogen) atoms. The summed E-state index contributed by atoms with van der Waals surface area (Å²) >= 11 is 7.30. The van der Waals surface area contributed by atoms with Crippen molar-refractivity contribution in [2.24, 2.45) is 0 Å². The van der Waals surface area contributed by atoms with Crippen molar-refractivity contribution in [1.29, 1.82) is 0 Å². The summed E-state index contributed by atoms with van der Waals surface area (Å²) in [5, 5.41) is 0. The van der Waals surface area contributed by atoms with Crippen LogP contribution >= 0.6 is 22.9 Å². The lowest BCUT2D eigenvalue weighted by molar-refractivity contribution is 0.0994. The van der Waals surface area contributed by atoms with Crippen LogP contribution in [-0.2, 0) is 6.42 Å². The number of thiophene rings is 1. The second kappa shape index (κ2) is 5.55. The van der Waals surface area contributed by atoms with Crippen LogP contribution in [0.15, 0.2) is 36.4 Å². The molecule has 4 heteroatoms. The Morgan fingerprint density at radius 1 is 1.17 bits per heavy atom. The van der Waals surface area contributed by atoms with E-state index in [0.717, 1.165) is 20.5 Å². The predicted octanol–water partition coefficient (Wildman–Crippen LogP) is 3.89. The van der Waals surface area contributed by atoms with E-state index in [1.165, 1.54) is 11.3 Å². The highest BCUT2D eigenvalue weighted by Gasteiger charge is 2.09. The highest BCUT2D eigenvalue weighted by molar-refractivity contribution is 7.16. The Balaban J connectivity index is 2.09. The Bertz CT molecular complexity index is 545. The van der Waals surface area contributed by atoms with Crippen molar-refractivity contribution < 1.29 is 4.79 Å². The molecule has 1 aromatic carbocycles. The van der Waals surface area contributed by atoms with Crippen molar-refractivity contribution in [3.8, 4) is 0 Å². The number of benzene rings is 1. The van der Waals surface area contributed by atoms with E-state index in [-0.39, 0.29) is 5.78 Å². The van der Waals surface area contributed by atoms with Crippen LogP contribution < -0.4 is 4.90 Å². The Labute approximate surface area is 116 Å². The lowest BCUT2D eigenvalue weighted by Crippen LogP contribution is -2.09. The summed E-state index contributed by atoms with van der Waals surface area (Å²) in [5.41, 5.74) is 1.83. The molecule has 2 rings (SSSR count). The van der Waals surface area contributed by atoms with Gasteiger partial charge in [-0.3, -0.25) is 4.79 Å². The van der Waals surface area contributed by atoms with Gasteiger partial charge in [-0.2, -0.15) is 0 Å². The summed E-state index contributed by atoms with van der Waals surface area (Å²) in [5.74, 6) is 0.124. The van der Waals surface area contributed by atoms with Gasteiger partial charge in [0.2, 0.25) is 0 Å². The number of nitrogens with zero attached hydrogens (tertiary/aromatic N) is 1. The largest absolute Gasteiger partial charge is 0.378 e. The van der Waals surface area contributed by atoms with Crippen molar-refractivity contribution in [2.45, 2.75) is 6.42 Å². The molecule has 0 aliphatic rings. The van der Waals surface area contributed by atoms with Crippen molar-refractivity contribution in [3.63, 3.8) is 0 Å². The first kappa shape index (κ1) is 13.1. The number of carbonyl (C=O) groups is 1. The maximum Gasteiger partial charge on any atom is 0.168 e. The predicted molar refractivity (Wildman–Crippen MR) is 78.1 cm³/mol. The molecular weight excluding hydrogens is 266 g/mol. The van der Waals surface area contributed by atoms with Crippen LogP contribution in [0.1, 0.15) is 15.2 Å². The van der Waals surface area contributed by atoms with Crippen LogP contribution in [0.25, 0.3) is 0 Å². The van der Waals surface area contributed by atoms with Gasteiger partial charge in [-0.05, 0) is 36.4 Å². The van der Waals surface area contributed by atoms with Gasteiger partial charge in [0.25, 0.3) is 0 Å². The molecule has 2 nitrogen and oxygen atoms in total. The van der Waals surface area contributed by atoms with Gasteiger partial charge in [0.05, 0.1) is 4.34 Å². The molecular formula is C14H14ClNOS. The number of Topliss-reactive ketones (excluding diaryl/α,β-unsaturated/α-hetero) is 1. The number of ketones is 1. The molecule has 94 valence electrons. The van der Waals surface area contributed by atoms with Crippen molar-refractivity contribution in [1.82, 2.24) is 0 Å². The van der Waals surface area contributed by atoms with Gasteiger partial charge >= 0.3 is 0 Å². The lowest BCUT2D eigenvalue weighted by atomic mass is 10.1. The summed E-state index contributed by atoms with van der Waals surface area (Å²) in [4.78, 5) is 15.1. The van der Waals surface area contributed by atoms with Crippen LogP contribution in [-0.4, -0.2) is 19.9 Å². The molecule has 0 amide bonds. The third kappa shape index (κ3) is 3.12. The van der Waals surface area contributed by atoms with E-state index >= 15 is 0 Å². The fourth-order valence-corrected chi connectivity index (χ4v) is 2.74. The zero-order chi connectivity index (χ0) is 13.1. The Hall–Kier alpha value is -1.32. The van der Waals surface area contributed by atoms with Crippen molar-refractivity contribution in [2.75, 3.05) is 19.0 Å². The number of halogens is 1. The smallest absolute Gasteiger partial charge is 0.168 e. The third-order valence-electron chi connectivity index (χ3n) is 2.67. The van der Waals surface area contributed by atoms with Crippen LogP contribution in [0.2, 0.25) is 4.34 Å². The Morgan fingerprint density at radius 2 is 1.83 bits per heavy atom. The van der Waals surface area contributed by atoms with E-state index in [1.807, 2.05) is 55.4 Å². The molecule has 0 atom stereocenters. The minimum Gasteiger partial charge on any atom is -0.378 e. The van der Waals surface area contributed by atoms with E-state index in [0.29, 0.717) is 6.42 Å². The van der Waals surface area contributed by atoms with Gasteiger partial charge in [0.1, 0.15) is 0 Å². The third-order valence-corrected chi connectivity index (χ3v) is 3.90. The van der Waals surface area contributed by atoms with Gasteiger partial charge in [0, 0.05) is 36.6 Å². The minimum atomic E-state index is 0.124. The molecule has 1 heterocycles. The van der Waals surface area contributed by atoms with Gasteiger partial charge < -0.3 is 4.90 Å². The average molecular weight is 280 g/mol. The highest BCUT2D eigenvalue weighted by atomic mass is 35.5. The molecule has 0 N–H and O–H groups in total. The minimum absolute atomic E-state index is 0.124. The molecule has 0 bridgehead atoms. The van der Waals surface area contributed by atoms with Crippen LogP contribution in [0.5, 0.6) is 0 Å². The van der Waals surface area contributed by atoms with Gasteiger partial charge in [0.15, 0.2) is 5.78 Å². The zero-order valence-corrected chi connectivity index (χ0v) is 11.9. The Kier molecular flexibility index (Phi) is 4.04.